The lowest BCUT2D eigenvalue weighted by Gasteiger charge is -2.16. The van der Waals surface area contributed by atoms with Crippen LogP contribution in [0.3, 0.4) is 0 Å². The predicted molar refractivity (Wildman–Crippen MR) is 77.3 cm³/mol. The Balaban J connectivity index is 1.59. The highest BCUT2D eigenvalue weighted by molar-refractivity contribution is 8.00. The van der Waals surface area contributed by atoms with Gasteiger partial charge in [0, 0.05) is 23.8 Å². The molecule has 2 rings (SSSR count). The van der Waals surface area contributed by atoms with Gasteiger partial charge in [-0.1, -0.05) is 6.42 Å². The molecule has 0 aliphatic carbocycles. The van der Waals surface area contributed by atoms with E-state index in [1.165, 1.54) is 0 Å². The molecular formula is C13H23N3O2S. The maximum absolute atomic E-state index is 11.5. The lowest BCUT2D eigenvalue weighted by atomic mass is 10.0. The van der Waals surface area contributed by atoms with E-state index in [0.29, 0.717) is 36.5 Å². The van der Waals surface area contributed by atoms with Gasteiger partial charge in [0.05, 0.1) is 12.1 Å². The fourth-order valence-corrected chi connectivity index (χ4v) is 4.28. The van der Waals surface area contributed by atoms with Crippen LogP contribution in [-0.2, 0) is 4.79 Å². The van der Waals surface area contributed by atoms with Crippen molar-refractivity contribution in [1.82, 2.24) is 10.6 Å². The van der Waals surface area contributed by atoms with Crippen LogP contribution in [0.15, 0.2) is 0 Å². The SMILES string of the molecule is NCCCC(=O)CCCCC1SC[C@@H]2NC(=O)N[C@H]12. The van der Waals surface area contributed by atoms with E-state index in [0.717, 1.165) is 31.4 Å². The van der Waals surface area contributed by atoms with Crippen LogP contribution < -0.4 is 16.4 Å². The molecule has 4 N–H and O–H groups in total. The first-order valence-corrected chi connectivity index (χ1v) is 8.16. The Morgan fingerprint density at radius 3 is 2.84 bits per heavy atom. The lowest BCUT2D eigenvalue weighted by Crippen LogP contribution is -2.36. The zero-order valence-corrected chi connectivity index (χ0v) is 12.0. The van der Waals surface area contributed by atoms with E-state index in [1.807, 2.05) is 11.8 Å². The maximum Gasteiger partial charge on any atom is 0.315 e. The molecule has 0 aromatic rings. The zero-order valence-electron chi connectivity index (χ0n) is 11.2. The molecular weight excluding hydrogens is 262 g/mol. The Bertz CT molecular complexity index is 338. The molecule has 0 saturated carbocycles. The molecule has 2 aliphatic rings. The van der Waals surface area contributed by atoms with Crippen molar-refractivity contribution < 1.29 is 9.59 Å². The zero-order chi connectivity index (χ0) is 13.7. The maximum atomic E-state index is 11.5. The minimum Gasteiger partial charge on any atom is -0.332 e. The van der Waals surface area contributed by atoms with Gasteiger partial charge in [0.25, 0.3) is 0 Å². The number of carbonyl (C=O) groups is 2. The van der Waals surface area contributed by atoms with E-state index in [4.69, 9.17) is 5.73 Å². The van der Waals surface area contributed by atoms with Crippen LogP contribution in [0.4, 0.5) is 4.79 Å². The van der Waals surface area contributed by atoms with Crippen LogP contribution >= 0.6 is 11.8 Å². The molecule has 2 amide bonds. The summed E-state index contributed by atoms with van der Waals surface area (Å²) in [6.07, 6.45) is 5.20. The first-order chi connectivity index (χ1) is 9.20. The average Bonchev–Trinajstić information content (AvgIpc) is 2.92. The fourth-order valence-electron chi connectivity index (χ4n) is 2.73. The Hall–Kier alpha value is -0.750. The number of unbranched alkanes of at least 4 members (excludes halogenated alkanes) is 1. The molecule has 0 bridgehead atoms. The molecule has 5 nitrogen and oxygen atoms in total. The highest BCUT2D eigenvalue weighted by atomic mass is 32.2. The third-order valence-electron chi connectivity index (χ3n) is 3.79. The summed E-state index contributed by atoms with van der Waals surface area (Å²) in [5.74, 6) is 1.34. The van der Waals surface area contributed by atoms with E-state index >= 15 is 0 Å². The van der Waals surface area contributed by atoms with E-state index < -0.39 is 0 Å². The number of fused-ring (bicyclic) bond motifs is 1. The van der Waals surface area contributed by atoms with Gasteiger partial charge in [-0.2, -0.15) is 11.8 Å². The van der Waals surface area contributed by atoms with Crippen molar-refractivity contribution >= 4 is 23.6 Å². The number of hydrogen-bond donors (Lipinski definition) is 3. The van der Waals surface area contributed by atoms with E-state index in [2.05, 4.69) is 10.6 Å². The first-order valence-electron chi connectivity index (χ1n) is 7.11. The van der Waals surface area contributed by atoms with Crippen molar-refractivity contribution in [2.24, 2.45) is 5.73 Å². The molecule has 2 aliphatic heterocycles. The number of thioether (sulfide) groups is 1. The van der Waals surface area contributed by atoms with Gasteiger partial charge in [-0.05, 0) is 25.8 Å². The molecule has 19 heavy (non-hydrogen) atoms. The van der Waals surface area contributed by atoms with Crippen molar-refractivity contribution in [2.75, 3.05) is 12.3 Å². The second-order valence-corrected chi connectivity index (χ2v) is 6.57. The largest absolute Gasteiger partial charge is 0.332 e. The summed E-state index contributed by atoms with van der Waals surface area (Å²) in [7, 11) is 0. The molecule has 0 spiro atoms. The third kappa shape index (κ3) is 4.11. The van der Waals surface area contributed by atoms with Gasteiger partial charge in [0.15, 0.2) is 0 Å². The van der Waals surface area contributed by atoms with Gasteiger partial charge >= 0.3 is 6.03 Å². The summed E-state index contributed by atoms with van der Waals surface area (Å²) in [6.45, 7) is 0.597. The molecule has 2 saturated heterocycles. The van der Waals surface area contributed by atoms with Crippen LogP contribution in [0.25, 0.3) is 0 Å². The number of rotatable bonds is 8. The first kappa shape index (κ1) is 14.7. The number of amides is 2. The van der Waals surface area contributed by atoms with Gasteiger partial charge in [0.2, 0.25) is 0 Å². The van der Waals surface area contributed by atoms with Crippen molar-refractivity contribution in [3.63, 3.8) is 0 Å². The van der Waals surface area contributed by atoms with Gasteiger partial charge in [-0.25, -0.2) is 4.79 Å². The molecule has 0 radical (unpaired) electrons. The molecule has 1 unspecified atom stereocenters. The van der Waals surface area contributed by atoms with Crippen molar-refractivity contribution in [3.05, 3.63) is 0 Å². The predicted octanol–water partition coefficient (Wildman–Crippen LogP) is 1.02. The monoisotopic (exact) mass is 285 g/mol. The third-order valence-corrected chi connectivity index (χ3v) is 5.30. The number of urea groups is 1. The molecule has 6 heteroatoms. The summed E-state index contributed by atoms with van der Waals surface area (Å²) >= 11 is 1.93. The number of carbonyl (C=O) groups excluding carboxylic acids is 2. The highest BCUT2D eigenvalue weighted by Gasteiger charge is 2.42. The Kier molecular flexibility index (Phi) is 5.51. The number of nitrogens with two attached hydrogens (primary N) is 1. The van der Waals surface area contributed by atoms with Crippen LogP contribution in [0.1, 0.15) is 38.5 Å². The van der Waals surface area contributed by atoms with Crippen molar-refractivity contribution in [3.8, 4) is 0 Å². The normalized spacial score (nSPS) is 28.9. The van der Waals surface area contributed by atoms with E-state index in [1.54, 1.807) is 0 Å². The molecule has 2 fully saturated rings. The summed E-state index contributed by atoms with van der Waals surface area (Å²) in [5, 5.41) is 6.44. The molecule has 3 atom stereocenters. The fraction of sp³-hybridized carbons (Fsp3) is 0.846. The van der Waals surface area contributed by atoms with Gasteiger partial charge < -0.3 is 16.4 Å². The van der Waals surface area contributed by atoms with Crippen LogP contribution in [0.2, 0.25) is 0 Å². The Morgan fingerprint density at radius 1 is 1.26 bits per heavy atom. The van der Waals surface area contributed by atoms with Crippen LogP contribution in [-0.4, -0.2) is 41.4 Å². The van der Waals surface area contributed by atoms with Gasteiger partial charge in [-0.15, -0.1) is 0 Å². The summed E-state index contributed by atoms with van der Waals surface area (Å²) in [4.78, 5) is 22.7. The van der Waals surface area contributed by atoms with E-state index in [-0.39, 0.29) is 12.1 Å². The Labute approximate surface area is 118 Å². The molecule has 0 aromatic heterocycles. The minimum atomic E-state index is -0.0303. The van der Waals surface area contributed by atoms with Gasteiger partial charge in [-0.3, -0.25) is 4.79 Å². The van der Waals surface area contributed by atoms with Crippen molar-refractivity contribution in [2.45, 2.75) is 55.9 Å². The second-order valence-electron chi connectivity index (χ2n) is 5.30. The number of ketones is 1. The summed E-state index contributed by atoms with van der Waals surface area (Å²) in [6, 6.07) is 0.552. The Morgan fingerprint density at radius 2 is 2.05 bits per heavy atom. The summed E-state index contributed by atoms with van der Waals surface area (Å²) < 4.78 is 0. The van der Waals surface area contributed by atoms with Gasteiger partial charge in [0.1, 0.15) is 5.78 Å². The number of nitrogens with one attached hydrogen (secondary N) is 2. The van der Waals surface area contributed by atoms with Crippen LogP contribution in [0, 0.1) is 0 Å². The highest BCUT2D eigenvalue weighted by Crippen LogP contribution is 2.33. The number of hydrogen-bond acceptors (Lipinski definition) is 4. The topological polar surface area (TPSA) is 84.2 Å². The molecule has 0 aromatic carbocycles. The lowest BCUT2D eigenvalue weighted by molar-refractivity contribution is -0.119. The number of Topliss-reactive ketones (excluding diaryl/α,β-unsaturated/α-hetero) is 1. The average molecular weight is 285 g/mol. The molecule has 108 valence electrons. The quantitative estimate of drug-likeness (QED) is 0.459. The molecule has 2 heterocycles. The minimum absolute atomic E-state index is 0.0303. The van der Waals surface area contributed by atoms with Crippen LogP contribution in [0.5, 0.6) is 0 Å². The standard InChI is InChI=1S/C13H23N3O2S/c14-7-3-5-9(17)4-1-2-6-11-12-10(8-19-11)15-13(18)16-12/h10-12H,1-8,14H2,(H2,15,16,18)/t10-,11?,12-/m0/s1. The second kappa shape index (κ2) is 7.14. The summed E-state index contributed by atoms with van der Waals surface area (Å²) in [5.41, 5.74) is 5.38. The van der Waals surface area contributed by atoms with E-state index in [9.17, 15) is 9.59 Å². The van der Waals surface area contributed by atoms with Crippen molar-refractivity contribution in [1.29, 1.82) is 0 Å². The smallest absolute Gasteiger partial charge is 0.315 e.